The number of thiophene rings is 1. The first-order valence-corrected chi connectivity index (χ1v) is 6.28. The molecule has 0 bridgehead atoms. The van der Waals surface area contributed by atoms with Gasteiger partial charge in [0.15, 0.2) is 6.10 Å². The predicted molar refractivity (Wildman–Crippen MR) is 69.2 cm³/mol. The van der Waals surface area contributed by atoms with Gasteiger partial charge in [0.25, 0.3) is 5.91 Å². The highest BCUT2D eigenvalue weighted by Gasteiger charge is 2.14. The van der Waals surface area contributed by atoms with E-state index in [1.165, 1.54) is 6.92 Å². The summed E-state index contributed by atoms with van der Waals surface area (Å²) in [6.45, 7) is 1.42. The first-order valence-electron chi connectivity index (χ1n) is 5.46. The number of carbonyl (C=O) groups is 3. The van der Waals surface area contributed by atoms with Crippen molar-refractivity contribution in [1.29, 1.82) is 0 Å². The topological polar surface area (TPSA) is 116 Å². The molecule has 4 N–H and O–H groups in total. The molecule has 1 aromatic rings. The third-order valence-electron chi connectivity index (χ3n) is 2.12. The van der Waals surface area contributed by atoms with Gasteiger partial charge in [-0.3, -0.25) is 9.59 Å². The number of carboxylic acid groups (broad SMARTS) is 1. The Labute approximate surface area is 113 Å². The van der Waals surface area contributed by atoms with Crippen LogP contribution in [0, 0.1) is 0 Å². The molecule has 19 heavy (non-hydrogen) atoms. The van der Waals surface area contributed by atoms with Crippen LogP contribution in [0.1, 0.15) is 23.0 Å². The minimum absolute atomic E-state index is 0.0552. The van der Waals surface area contributed by atoms with Crippen molar-refractivity contribution < 1.29 is 24.6 Å². The van der Waals surface area contributed by atoms with Crippen molar-refractivity contribution in [1.82, 2.24) is 5.32 Å². The average molecular weight is 286 g/mol. The highest BCUT2D eigenvalue weighted by Crippen LogP contribution is 2.21. The minimum Gasteiger partial charge on any atom is -0.479 e. The van der Waals surface area contributed by atoms with Crippen molar-refractivity contribution in [2.45, 2.75) is 19.4 Å². The number of carbonyl (C=O) groups excluding carboxylic acids is 2. The fourth-order valence-corrected chi connectivity index (χ4v) is 2.10. The Hall–Kier alpha value is -1.93. The van der Waals surface area contributed by atoms with Crippen LogP contribution in [0.4, 0.5) is 5.00 Å². The van der Waals surface area contributed by atoms with E-state index in [0.29, 0.717) is 9.88 Å². The van der Waals surface area contributed by atoms with Crippen molar-refractivity contribution in [3.05, 3.63) is 17.0 Å². The smallest absolute Gasteiger partial charge is 0.332 e. The molecule has 0 spiro atoms. The summed E-state index contributed by atoms with van der Waals surface area (Å²) in [6.07, 6.45) is -1.55. The molecule has 104 valence electrons. The van der Waals surface area contributed by atoms with Gasteiger partial charge in [-0.25, -0.2) is 4.79 Å². The first kappa shape index (κ1) is 15.1. The van der Waals surface area contributed by atoms with Crippen LogP contribution >= 0.6 is 11.3 Å². The van der Waals surface area contributed by atoms with Gasteiger partial charge in [0.1, 0.15) is 0 Å². The molecule has 0 aliphatic rings. The summed E-state index contributed by atoms with van der Waals surface area (Å²) in [7, 11) is 0. The molecule has 0 aliphatic carbocycles. The summed E-state index contributed by atoms with van der Waals surface area (Å²) in [6, 6.07) is 3.16. The van der Waals surface area contributed by atoms with Gasteiger partial charge in [0.05, 0.1) is 9.88 Å². The average Bonchev–Trinajstić information content (AvgIpc) is 2.76. The molecular weight excluding hydrogens is 272 g/mol. The van der Waals surface area contributed by atoms with Crippen LogP contribution in [-0.2, 0) is 9.59 Å². The second kappa shape index (κ2) is 6.86. The SMILES string of the molecule is CC(=O)Nc1ccc(C(=O)NCC[C@H](O)C(=O)O)s1. The monoisotopic (exact) mass is 286 g/mol. The van der Waals surface area contributed by atoms with Gasteiger partial charge in [-0.1, -0.05) is 0 Å². The van der Waals surface area contributed by atoms with E-state index in [9.17, 15) is 14.4 Å². The number of aliphatic hydroxyl groups is 1. The maximum atomic E-state index is 11.7. The van der Waals surface area contributed by atoms with E-state index < -0.39 is 12.1 Å². The molecule has 8 heteroatoms. The molecule has 1 aromatic heterocycles. The van der Waals surface area contributed by atoms with Crippen LogP contribution in [0.3, 0.4) is 0 Å². The van der Waals surface area contributed by atoms with E-state index >= 15 is 0 Å². The van der Waals surface area contributed by atoms with Crippen LogP contribution in [0.5, 0.6) is 0 Å². The maximum absolute atomic E-state index is 11.7. The number of hydrogen-bond donors (Lipinski definition) is 4. The summed E-state index contributed by atoms with van der Waals surface area (Å²) in [4.78, 5) is 33.2. The Morgan fingerprint density at radius 3 is 2.63 bits per heavy atom. The fourth-order valence-electron chi connectivity index (χ4n) is 1.23. The van der Waals surface area contributed by atoms with Crippen LogP contribution in [0.2, 0.25) is 0 Å². The number of anilines is 1. The fraction of sp³-hybridized carbons (Fsp3) is 0.364. The van der Waals surface area contributed by atoms with Crippen molar-refractivity contribution in [2.24, 2.45) is 0 Å². The standard InChI is InChI=1S/C11H14N2O5S/c1-6(14)13-9-3-2-8(19-9)10(16)12-5-4-7(15)11(17)18/h2-3,7,15H,4-5H2,1H3,(H,12,16)(H,13,14)(H,17,18)/t7-/m0/s1. The molecule has 0 saturated heterocycles. The number of rotatable bonds is 6. The van der Waals surface area contributed by atoms with E-state index in [4.69, 9.17) is 10.2 Å². The molecule has 1 heterocycles. The Kier molecular flexibility index (Phi) is 5.46. The Morgan fingerprint density at radius 2 is 2.05 bits per heavy atom. The normalized spacial score (nSPS) is 11.7. The molecule has 0 radical (unpaired) electrons. The molecule has 7 nitrogen and oxygen atoms in total. The van der Waals surface area contributed by atoms with Gasteiger partial charge >= 0.3 is 5.97 Å². The summed E-state index contributed by atoms with van der Waals surface area (Å²) < 4.78 is 0. The number of amides is 2. The van der Waals surface area contributed by atoms with Gasteiger partial charge in [-0.15, -0.1) is 11.3 Å². The highest BCUT2D eigenvalue weighted by atomic mass is 32.1. The Balaban J connectivity index is 2.43. The molecule has 0 unspecified atom stereocenters. The quantitative estimate of drug-likeness (QED) is 0.599. The van der Waals surface area contributed by atoms with Crippen LogP contribution in [0.15, 0.2) is 12.1 Å². The first-order chi connectivity index (χ1) is 8.90. The molecule has 0 aromatic carbocycles. The lowest BCUT2D eigenvalue weighted by molar-refractivity contribution is -0.146. The van der Waals surface area contributed by atoms with Crippen molar-refractivity contribution in [3.63, 3.8) is 0 Å². The highest BCUT2D eigenvalue weighted by molar-refractivity contribution is 7.18. The number of aliphatic carboxylic acids is 1. The molecule has 1 atom stereocenters. The summed E-state index contributed by atoms with van der Waals surface area (Å²) >= 11 is 1.11. The molecule has 2 amide bonds. The van der Waals surface area contributed by atoms with Gasteiger partial charge in [0.2, 0.25) is 5.91 Å². The van der Waals surface area contributed by atoms with E-state index in [0.717, 1.165) is 11.3 Å². The molecule has 0 aliphatic heterocycles. The van der Waals surface area contributed by atoms with Crippen molar-refractivity contribution >= 4 is 34.1 Å². The molecule has 0 saturated carbocycles. The van der Waals surface area contributed by atoms with Gasteiger partial charge in [-0.05, 0) is 12.1 Å². The second-order valence-corrected chi connectivity index (χ2v) is 4.83. The van der Waals surface area contributed by atoms with E-state index in [-0.39, 0.29) is 24.8 Å². The van der Waals surface area contributed by atoms with Crippen LogP contribution in [-0.4, -0.2) is 40.6 Å². The lowest BCUT2D eigenvalue weighted by atomic mass is 10.2. The zero-order valence-electron chi connectivity index (χ0n) is 10.2. The van der Waals surface area contributed by atoms with E-state index in [2.05, 4.69) is 10.6 Å². The predicted octanol–water partition coefficient (Wildman–Crippen LogP) is 0.272. The van der Waals surface area contributed by atoms with Crippen LogP contribution in [0.25, 0.3) is 0 Å². The van der Waals surface area contributed by atoms with E-state index in [1.807, 2.05) is 0 Å². The van der Waals surface area contributed by atoms with E-state index in [1.54, 1.807) is 12.1 Å². The van der Waals surface area contributed by atoms with Gasteiger partial charge in [0, 0.05) is 19.9 Å². The Morgan fingerprint density at radius 1 is 1.37 bits per heavy atom. The molecule has 0 fully saturated rings. The lowest BCUT2D eigenvalue weighted by Crippen LogP contribution is -2.29. The second-order valence-electron chi connectivity index (χ2n) is 3.74. The van der Waals surface area contributed by atoms with Crippen molar-refractivity contribution in [2.75, 3.05) is 11.9 Å². The minimum atomic E-state index is -1.49. The van der Waals surface area contributed by atoms with Gasteiger partial charge < -0.3 is 20.8 Å². The largest absolute Gasteiger partial charge is 0.479 e. The summed E-state index contributed by atoms with van der Waals surface area (Å²) in [5.74, 6) is -1.92. The third kappa shape index (κ3) is 5.06. The maximum Gasteiger partial charge on any atom is 0.332 e. The zero-order chi connectivity index (χ0) is 14.4. The summed E-state index contributed by atoms with van der Waals surface area (Å²) in [5, 5.41) is 23.1. The number of nitrogens with one attached hydrogen (secondary N) is 2. The lowest BCUT2D eigenvalue weighted by Gasteiger charge is -2.06. The van der Waals surface area contributed by atoms with Crippen molar-refractivity contribution in [3.8, 4) is 0 Å². The number of carboxylic acids is 1. The van der Waals surface area contributed by atoms with Gasteiger partial charge in [-0.2, -0.15) is 0 Å². The summed E-state index contributed by atoms with van der Waals surface area (Å²) in [5.41, 5.74) is 0. The Bertz CT molecular complexity index is 485. The third-order valence-corrected chi connectivity index (χ3v) is 3.12. The number of hydrogen-bond acceptors (Lipinski definition) is 5. The zero-order valence-corrected chi connectivity index (χ0v) is 11.0. The number of aliphatic hydroxyl groups excluding tert-OH is 1. The molecular formula is C11H14N2O5S. The van der Waals surface area contributed by atoms with Crippen LogP contribution < -0.4 is 10.6 Å². The molecule has 1 rings (SSSR count).